The van der Waals surface area contributed by atoms with Gasteiger partial charge in [-0.1, -0.05) is 11.6 Å². The Hall–Kier alpha value is -3.12. The topological polar surface area (TPSA) is 76.1 Å². The summed E-state index contributed by atoms with van der Waals surface area (Å²) >= 11 is 5.83. The van der Waals surface area contributed by atoms with Crippen LogP contribution in [0.2, 0.25) is 5.02 Å². The van der Waals surface area contributed by atoms with Crippen LogP contribution in [0.3, 0.4) is 0 Å². The van der Waals surface area contributed by atoms with E-state index in [4.69, 9.17) is 16.3 Å². The van der Waals surface area contributed by atoms with Crippen LogP contribution >= 0.6 is 11.6 Å². The van der Waals surface area contributed by atoms with Crippen molar-refractivity contribution in [1.82, 2.24) is 9.97 Å². The van der Waals surface area contributed by atoms with Gasteiger partial charge in [0.1, 0.15) is 23.6 Å². The molecule has 0 spiro atoms. The third kappa shape index (κ3) is 4.45. The van der Waals surface area contributed by atoms with Crippen LogP contribution in [0.15, 0.2) is 60.9 Å². The van der Waals surface area contributed by atoms with E-state index in [0.717, 1.165) is 11.4 Å². The Balaban J connectivity index is 1.71. The zero-order valence-corrected chi connectivity index (χ0v) is 14.1. The summed E-state index contributed by atoms with van der Waals surface area (Å²) in [6.07, 6.45) is 1.34. The maximum absolute atomic E-state index is 12.3. The second-order valence-electron chi connectivity index (χ2n) is 5.10. The van der Waals surface area contributed by atoms with Crippen LogP contribution in [0.4, 0.5) is 17.2 Å². The molecule has 1 amide bonds. The molecule has 0 saturated carbocycles. The van der Waals surface area contributed by atoms with E-state index in [0.29, 0.717) is 16.5 Å². The van der Waals surface area contributed by atoms with Gasteiger partial charge in [0, 0.05) is 22.5 Å². The summed E-state index contributed by atoms with van der Waals surface area (Å²) in [5.74, 6) is 0.945. The van der Waals surface area contributed by atoms with Gasteiger partial charge in [0.05, 0.1) is 7.11 Å². The fraction of sp³-hybridized carbons (Fsp3) is 0.0556. The summed E-state index contributed by atoms with van der Waals surface area (Å²) in [7, 11) is 1.61. The summed E-state index contributed by atoms with van der Waals surface area (Å²) in [6, 6.07) is 15.8. The number of ether oxygens (including phenoxy) is 1. The van der Waals surface area contributed by atoms with Gasteiger partial charge in [0.25, 0.3) is 5.91 Å². The number of rotatable bonds is 5. The molecule has 6 nitrogen and oxygen atoms in total. The molecule has 0 aliphatic heterocycles. The number of methoxy groups -OCH3 is 1. The number of halogens is 1. The molecule has 0 atom stereocenters. The van der Waals surface area contributed by atoms with E-state index < -0.39 is 0 Å². The van der Waals surface area contributed by atoms with E-state index in [-0.39, 0.29) is 11.6 Å². The van der Waals surface area contributed by atoms with Crippen molar-refractivity contribution in [1.29, 1.82) is 0 Å². The number of aromatic nitrogens is 2. The molecule has 25 heavy (non-hydrogen) atoms. The maximum Gasteiger partial charge on any atom is 0.274 e. The number of anilines is 3. The minimum atomic E-state index is -0.331. The van der Waals surface area contributed by atoms with Crippen LogP contribution < -0.4 is 15.4 Å². The maximum atomic E-state index is 12.3. The molecule has 126 valence electrons. The molecule has 3 rings (SSSR count). The summed E-state index contributed by atoms with van der Waals surface area (Å²) in [5.41, 5.74) is 1.71. The van der Waals surface area contributed by atoms with Gasteiger partial charge in [-0.2, -0.15) is 0 Å². The highest BCUT2D eigenvalue weighted by Gasteiger charge is 2.09. The molecular weight excluding hydrogens is 340 g/mol. The number of nitrogens with one attached hydrogen (secondary N) is 2. The van der Waals surface area contributed by atoms with Crippen LogP contribution in [0.1, 0.15) is 10.5 Å². The number of benzene rings is 2. The molecule has 2 aromatic carbocycles. The van der Waals surface area contributed by atoms with Gasteiger partial charge in [-0.3, -0.25) is 4.79 Å². The van der Waals surface area contributed by atoms with Gasteiger partial charge < -0.3 is 15.4 Å². The van der Waals surface area contributed by atoms with Crippen molar-refractivity contribution in [3.05, 3.63) is 71.6 Å². The Labute approximate surface area is 149 Å². The lowest BCUT2D eigenvalue weighted by molar-refractivity contribution is 0.102. The number of hydrogen-bond acceptors (Lipinski definition) is 5. The largest absolute Gasteiger partial charge is 0.497 e. The van der Waals surface area contributed by atoms with Gasteiger partial charge in [-0.25, -0.2) is 9.97 Å². The molecule has 0 aliphatic carbocycles. The van der Waals surface area contributed by atoms with Crippen LogP contribution in [0.5, 0.6) is 5.75 Å². The molecule has 1 aromatic heterocycles. The molecule has 0 saturated heterocycles. The monoisotopic (exact) mass is 354 g/mol. The van der Waals surface area contributed by atoms with Crippen molar-refractivity contribution in [2.24, 2.45) is 0 Å². The fourth-order valence-electron chi connectivity index (χ4n) is 2.10. The zero-order valence-electron chi connectivity index (χ0n) is 13.4. The Morgan fingerprint density at radius 2 is 1.68 bits per heavy atom. The predicted molar refractivity (Wildman–Crippen MR) is 97.7 cm³/mol. The number of nitrogens with zero attached hydrogens (tertiary/aromatic N) is 2. The third-order valence-electron chi connectivity index (χ3n) is 3.36. The minimum absolute atomic E-state index is 0.251. The first-order valence-corrected chi connectivity index (χ1v) is 7.82. The standard InChI is InChI=1S/C18H15ClN4O2/c1-25-15-8-6-13(7-9-15)22-17-10-16(20-11-21-17)18(24)23-14-4-2-12(19)3-5-14/h2-11H,1H3,(H,23,24)(H,20,21,22). The average Bonchev–Trinajstić information content (AvgIpc) is 2.64. The molecule has 0 bridgehead atoms. The van der Waals surface area contributed by atoms with Crippen LogP contribution in [0, 0.1) is 0 Å². The molecule has 0 aliphatic rings. The smallest absolute Gasteiger partial charge is 0.274 e. The van der Waals surface area contributed by atoms with Crippen LogP contribution in [-0.4, -0.2) is 23.0 Å². The van der Waals surface area contributed by atoms with Gasteiger partial charge in [-0.15, -0.1) is 0 Å². The lowest BCUT2D eigenvalue weighted by Gasteiger charge is -2.08. The number of carbonyl (C=O) groups excluding carboxylic acids is 1. The Morgan fingerprint density at radius 1 is 1.00 bits per heavy atom. The third-order valence-corrected chi connectivity index (χ3v) is 3.62. The van der Waals surface area contributed by atoms with E-state index in [9.17, 15) is 4.79 Å². The van der Waals surface area contributed by atoms with Crippen molar-refractivity contribution < 1.29 is 9.53 Å². The highest BCUT2D eigenvalue weighted by molar-refractivity contribution is 6.30. The van der Waals surface area contributed by atoms with Gasteiger partial charge in [0.15, 0.2) is 0 Å². The lowest BCUT2D eigenvalue weighted by Crippen LogP contribution is -2.14. The highest BCUT2D eigenvalue weighted by atomic mass is 35.5. The molecule has 0 unspecified atom stereocenters. The molecular formula is C18H15ClN4O2. The van der Waals surface area contributed by atoms with E-state index in [2.05, 4.69) is 20.6 Å². The summed E-state index contributed by atoms with van der Waals surface area (Å²) in [6.45, 7) is 0. The summed E-state index contributed by atoms with van der Waals surface area (Å²) in [4.78, 5) is 20.4. The van der Waals surface area contributed by atoms with Gasteiger partial charge in [0.2, 0.25) is 0 Å². The molecule has 7 heteroatoms. The normalized spacial score (nSPS) is 10.2. The van der Waals surface area contributed by atoms with Gasteiger partial charge in [-0.05, 0) is 48.5 Å². The number of hydrogen-bond donors (Lipinski definition) is 2. The average molecular weight is 355 g/mol. The van der Waals surface area contributed by atoms with Gasteiger partial charge >= 0.3 is 0 Å². The van der Waals surface area contributed by atoms with Crippen molar-refractivity contribution in [3.63, 3.8) is 0 Å². The number of carbonyl (C=O) groups is 1. The van der Waals surface area contributed by atoms with Crippen LogP contribution in [0.25, 0.3) is 0 Å². The minimum Gasteiger partial charge on any atom is -0.497 e. The summed E-state index contributed by atoms with van der Waals surface area (Å²) in [5, 5.41) is 6.48. The second kappa shape index (κ2) is 7.63. The van der Waals surface area contributed by atoms with Crippen molar-refractivity contribution in [2.45, 2.75) is 0 Å². The fourth-order valence-corrected chi connectivity index (χ4v) is 2.23. The van der Waals surface area contributed by atoms with Crippen LogP contribution in [-0.2, 0) is 0 Å². The number of amides is 1. The molecule has 1 heterocycles. The second-order valence-corrected chi connectivity index (χ2v) is 5.54. The first kappa shape index (κ1) is 16.7. The molecule has 0 radical (unpaired) electrons. The predicted octanol–water partition coefficient (Wildman–Crippen LogP) is 4.13. The zero-order chi connectivity index (χ0) is 17.6. The molecule has 2 N–H and O–H groups in total. The highest BCUT2D eigenvalue weighted by Crippen LogP contribution is 2.19. The Morgan fingerprint density at radius 3 is 2.36 bits per heavy atom. The van der Waals surface area contributed by atoms with E-state index >= 15 is 0 Å². The molecule has 0 fully saturated rings. The Kier molecular flexibility index (Phi) is 5.11. The first-order chi connectivity index (χ1) is 12.1. The van der Waals surface area contributed by atoms with Crippen molar-refractivity contribution >= 4 is 34.7 Å². The Bertz CT molecular complexity index is 867. The van der Waals surface area contributed by atoms with E-state index in [1.54, 1.807) is 37.4 Å². The van der Waals surface area contributed by atoms with E-state index in [1.807, 2.05) is 24.3 Å². The quantitative estimate of drug-likeness (QED) is 0.720. The molecule has 3 aromatic rings. The SMILES string of the molecule is COc1ccc(Nc2cc(C(=O)Nc3ccc(Cl)cc3)ncn2)cc1. The lowest BCUT2D eigenvalue weighted by atomic mass is 10.3. The van der Waals surface area contributed by atoms with Crippen molar-refractivity contribution in [3.8, 4) is 5.75 Å². The van der Waals surface area contributed by atoms with Crippen molar-refractivity contribution in [2.75, 3.05) is 17.7 Å². The van der Waals surface area contributed by atoms with E-state index in [1.165, 1.54) is 6.33 Å². The first-order valence-electron chi connectivity index (χ1n) is 7.44. The summed E-state index contributed by atoms with van der Waals surface area (Å²) < 4.78 is 5.12.